The fourth-order valence-corrected chi connectivity index (χ4v) is 4.00. The van der Waals surface area contributed by atoms with Crippen molar-refractivity contribution in [1.29, 1.82) is 0 Å². The summed E-state index contributed by atoms with van der Waals surface area (Å²) >= 11 is 1.56. The number of nitrogens with zero attached hydrogens (tertiary/aromatic N) is 3. The summed E-state index contributed by atoms with van der Waals surface area (Å²) in [5.41, 5.74) is 2.47. The minimum absolute atomic E-state index is 0.0696. The Kier molecular flexibility index (Phi) is 5.03. The summed E-state index contributed by atoms with van der Waals surface area (Å²) in [5, 5.41) is 3.43. The number of anilines is 1. The van der Waals surface area contributed by atoms with Crippen molar-refractivity contribution in [2.75, 3.05) is 18.4 Å². The van der Waals surface area contributed by atoms with E-state index in [4.69, 9.17) is 0 Å². The Bertz CT molecular complexity index is 685. The SMILES string of the molecule is CC(=O)Nc1ncc(CN2CCC(Cc3ccnc(C)c3)C2)s1. The zero-order chi connectivity index (χ0) is 16.2. The van der Waals surface area contributed by atoms with Crippen molar-refractivity contribution in [1.82, 2.24) is 14.9 Å². The molecule has 23 heavy (non-hydrogen) atoms. The molecule has 5 nitrogen and oxygen atoms in total. The normalized spacial score (nSPS) is 18.3. The van der Waals surface area contributed by atoms with Crippen LogP contribution in [-0.4, -0.2) is 33.9 Å². The minimum Gasteiger partial charge on any atom is -0.302 e. The van der Waals surface area contributed by atoms with Gasteiger partial charge in [0.05, 0.1) is 0 Å². The highest BCUT2D eigenvalue weighted by molar-refractivity contribution is 7.15. The number of hydrogen-bond donors (Lipinski definition) is 1. The van der Waals surface area contributed by atoms with Gasteiger partial charge in [0, 0.05) is 43.0 Å². The van der Waals surface area contributed by atoms with Gasteiger partial charge in [-0.05, 0) is 49.9 Å². The standard InChI is InChI=1S/C17H22N4OS/c1-12-7-14(3-5-18-12)8-15-4-6-21(10-15)11-16-9-19-17(23-16)20-13(2)22/h3,5,7,9,15H,4,6,8,10-11H2,1-2H3,(H,19,20,22). The van der Waals surface area contributed by atoms with Crippen LogP contribution in [0.3, 0.4) is 0 Å². The van der Waals surface area contributed by atoms with Gasteiger partial charge in [0.1, 0.15) is 0 Å². The van der Waals surface area contributed by atoms with E-state index < -0.39 is 0 Å². The van der Waals surface area contributed by atoms with Crippen LogP contribution in [0.25, 0.3) is 0 Å². The van der Waals surface area contributed by atoms with Crippen LogP contribution in [0.15, 0.2) is 24.5 Å². The molecule has 1 N–H and O–H groups in total. The number of nitrogens with one attached hydrogen (secondary N) is 1. The molecule has 0 saturated carbocycles. The van der Waals surface area contributed by atoms with Crippen LogP contribution in [0.1, 0.15) is 29.5 Å². The van der Waals surface area contributed by atoms with Gasteiger partial charge in [-0.2, -0.15) is 0 Å². The fourth-order valence-electron chi connectivity index (χ4n) is 3.10. The van der Waals surface area contributed by atoms with Gasteiger partial charge in [-0.1, -0.05) is 0 Å². The van der Waals surface area contributed by atoms with Gasteiger partial charge in [-0.25, -0.2) is 4.98 Å². The number of carbonyl (C=O) groups is 1. The third-order valence-electron chi connectivity index (χ3n) is 4.07. The summed E-state index contributed by atoms with van der Waals surface area (Å²) in [6.45, 7) is 6.72. The maximum atomic E-state index is 11.0. The second-order valence-electron chi connectivity index (χ2n) is 6.21. The predicted octanol–water partition coefficient (Wildman–Crippen LogP) is 2.87. The third-order valence-corrected chi connectivity index (χ3v) is 4.97. The molecule has 3 rings (SSSR count). The number of likely N-dealkylation sites (tertiary alicyclic amines) is 1. The number of carbonyl (C=O) groups excluding carboxylic acids is 1. The Hall–Kier alpha value is -1.79. The smallest absolute Gasteiger partial charge is 0.223 e. The first kappa shape index (κ1) is 16.1. The molecule has 0 aliphatic carbocycles. The molecule has 1 aliphatic heterocycles. The largest absolute Gasteiger partial charge is 0.302 e. The van der Waals surface area contributed by atoms with Gasteiger partial charge in [0.2, 0.25) is 5.91 Å². The first-order valence-electron chi connectivity index (χ1n) is 7.94. The molecule has 0 spiro atoms. The van der Waals surface area contributed by atoms with Gasteiger partial charge < -0.3 is 5.32 Å². The van der Waals surface area contributed by atoms with Crippen LogP contribution >= 0.6 is 11.3 Å². The lowest BCUT2D eigenvalue weighted by Gasteiger charge is -2.14. The summed E-state index contributed by atoms with van der Waals surface area (Å²) in [6.07, 6.45) is 6.13. The molecule has 0 bridgehead atoms. The highest BCUT2D eigenvalue weighted by Crippen LogP contribution is 2.25. The van der Waals surface area contributed by atoms with Gasteiger partial charge in [-0.15, -0.1) is 11.3 Å². The summed E-state index contributed by atoms with van der Waals surface area (Å²) in [4.78, 5) is 23.2. The van der Waals surface area contributed by atoms with E-state index in [0.717, 1.165) is 31.7 Å². The molecule has 122 valence electrons. The molecule has 1 aliphatic rings. The maximum absolute atomic E-state index is 11.0. The van der Waals surface area contributed by atoms with E-state index in [1.165, 1.54) is 23.8 Å². The van der Waals surface area contributed by atoms with Crippen molar-refractivity contribution in [3.63, 3.8) is 0 Å². The number of pyridine rings is 1. The Labute approximate surface area is 140 Å². The van der Waals surface area contributed by atoms with Crippen molar-refractivity contribution >= 4 is 22.4 Å². The number of thiazole rings is 1. The van der Waals surface area contributed by atoms with E-state index in [1.54, 1.807) is 11.3 Å². The molecule has 1 saturated heterocycles. The number of aryl methyl sites for hydroxylation is 1. The van der Waals surface area contributed by atoms with E-state index in [9.17, 15) is 4.79 Å². The van der Waals surface area contributed by atoms with E-state index in [-0.39, 0.29) is 5.91 Å². The monoisotopic (exact) mass is 330 g/mol. The molecule has 1 fully saturated rings. The van der Waals surface area contributed by atoms with Crippen LogP contribution in [0, 0.1) is 12.8 Å². The molecule has 2 aromatic heterocycles. The zero-order valence-corrected chi connectivity index (χ0v) is 14.4. The highest BCUT2D eigenvalue weighted by atomic mass is 32.1. The number of hydrogen-bond acceptors (Lipinski definition) is 5. The highest BCUT2D eigenvalue weighted by Gasteiger charge is 2.23. The minimum atomic E-state index is -0.0696. The summed E-state index contributed by atoms with van der Waals surface area (Å²) in [7, 11) is 0. The Morgan fingerprint density at radius 3 is 3.13 bits per heavy atom. The average molecular weight is 330 g/mol. The number of amides is 1. The van der Waals surface area contributed by atoms with E-state index in [2.05, 4.69) is 32.3 Å². The number of aromatic nitrogens is 2. The molecule has 2 aromatic rings. The molecule has 3 heterocycles. The lowest BCUT2D eigenvalue weighted by molar-refractivity contribution is -0.114. The second kappa shape index (κ2) is 7.19. The topological polar surface area (TPSA) is 58.1 Å². The van der Waals surface area contributed by atoms with Crippen LogP contribution in [0.2, 0.25) is 0 Å². The van der Waals surface area contributed by atoms with Crippen LogP contribution in [0.4, 0.5) is 5.13 Å². The Morgan fingerprint density at radius 1 is 1.48 bits per heavy atom. The van der Waals surface area contributed by atoms with Crippen molar-refractivity contribution in [3.05, 3.63) is 40.7 Å². The first-order chi connectivity index (χ1) is 11.1. The molecule has 1 atom stereocenters. The second-order valence-corrected chi connectivity index (χ2v) is 7.33. The van der Waals surface area contributed by atoms with Gasteiger partial charge >= 0.3 is 0 Å². The molecular formula is C17H22N4OS. The number of rotatable bonds is 5. The maximum Gasteiger partial charge on any atom is 0.223 e. The molecule has 0 aromatic carbocycles. The van der Waals surface area contributed by atoms with Crippen LogP contribution in [-0.2, 0) is 17.8 Å². The Morgan fingerprint density at radius 2 is 2.35 bits per heavy atom. The van der Waals surface area contributed by atoms with Crippen LogP contribution in [0.5, 0.6) is 0 Å². The van der Waals surface area contributed by atoms with Gasteiger partial charge in [-0.3, -0.25) is 14.7 Å². The Balaban J connectivity index is 1.51. The van der Waals surface area contributed by atoms with Crippen molar-refractivity contribution in [2.24, 2.45) is 5.92 Å². The lowest BCUT2D eigenvalue weighted by Crippen LogP contribution is -2.20. The van der Waals surface area contributed by atoms with E-state index >= 15 is 0 Å². The van der Waals surface area contributed by atoms with Crippen LogP contribution < -0.4 is 5.32 Å². The lowest BCUT2D eigenvalue weighted by atomic mass is 9.99. The van der Waals surface area contributed by atoms with Crippen molar-refractivity contribution in [2.45, 2.75) is 33.2 Å². The molecular weight excluding hydrogens is 308 g/mol. The molecule has 1 amide bonds. The van der Waals surface area contributed by atoms with Gasteiger partial charge in [0.25, 0.3) is 0 Å². The predicted molar refractivity (Wildman–Crippen MR) is 92.5 cm³/mol. The first-order valence-corrected chi connectivity index (χ1v) is 8.76. The summed E-state index contributed by atoms with van der Waals surface area (Å²) < 4.78 is 0. The van der Waals surface area contributed by atoms with Gasteiger partial charge in [0.15, 0.2) is 5.13 Å². The van der Waals surface area contributed by atoms with E-state index in [0.29, 0.717) is 11.0 Å². The quantitative estimate of drug-likeness (QED) is 0.916. The molecule has 0 radical (unpaired) electrons. The molecule has 1 unspecified atom stereocenters. The summed E-state index contributed by atoms with van der Waals surface area (Å²) in [6, 6.07) is 4.31. The summed E-state index contributed by atoms with van der Waals surface area (Å²) in [5.74, 6) is 0.638. The van der Waals surface area contributed by atoms with Crippen molar-refractivity contribution in [3.8, 4) is 0 Å². The third kappa shape index (κ3) is 4.59. The molecule has 6 heteroatoms. The zero-order valence-electron chi connectivity index (χ0n) is 13.6. The van der Waals surface area contributed by atoms with Crippen molar-refractivity contribution < 1.29 is 4.79 Å². The fraction of sp³-hybridized carbons (Fsp3) is 0.471. The average Bonchev–Trinajstić information content (AvgIpc) is 3.09. The van der Waals surface area contributed by atoms with E-state index in [1.807, 2.05) is 19.3 Å².